The molecule has 11 heteroatoms. The maximum atomic E-state index is 4.54. The summed E-state index contributed by atoms with van der Waals surface area (Å²) in [5, 5.41) is 0. The molecule has 0 amide bonds. The van der Waals surface area contributed by atoms with Crippen LogP contribution in [0.1, 0.15) is 0 Å². The molecule has 0 heterocycles. The van der Waals surface area contributed by atoms with Gasteiger partial charge in [0.15, 0.2) is 0 Å². The Labute approximate surface area is 83.4 Å². The van der Waals surface area contributed by atoms with E-state index in [1.807, 2.05) is 0 Å². The minimum Gasteiger partial charge on any atom is -0.412 e. The minimum absolute atomic E-state index is 0. The van der Waals surface area contributed by atoms with E-state index >= 15 is 0 Å². The van der Waals surface area contributed by atoms with Gasteiger partial charge in [-0.2, -0.15) is 0 Å². The molecule has 0 fully saturated rings. The van der Waals surface area contributed by atoms with Gasteiger partial charge in [0, 0.05) is 0 Å². The van der Waals surface area contributed by atoms with E-state index in [4.69, 9.17) is 0 Å². The molecule has 0 aliphatic carbocycles. The number of hydrogen-bond donors (Lipinski definition) is 0. The van der Waals surface area contributed by atoms with Crippen molar-refractivity contribution in [3.63, 3.8) is 0 Å². The van der Waals surface area contributed by atoms with Crippen molar-refractivity contribution in [2.75, 3.05) is 0 Å². The summed E-state index contributed by atoms with van der Waals surface area (Å²) in [4.78, 5) is 0. The van der Waals surface area contributed by atoms with E-state index < -0.39 is 0 Å². The fraction of sp³-hybridized carbons (Fsp3) is 0. The van der Waals surface area contributed by atoms with Crippen LogP contribution in [0, 0.1) is 0 Å². The van der Waals surface area contributed by atoms with Gasteiger partial charge < -0.3 is 43.8 Å². The molecule has 0 rings (SSSR count). The van der Waals surface area contributed by atoms with Gasteiger partial charge in [-0.3, -0.25) is 0 Å². The van der Waals surface area contributed by atoms with Crippen LogP contribution >= 0.6 is 11.9 Å². The standard InChI is InChI=1S/ClO.8H2O.Zr/c1-2;;;;;;;;;/h;8*1H2;/q-1;;;;;;;;;+1. The average Bonchev–Trinajstić information content (AvgIpc) is 0.918. The van der Waals surface area contributed by atoms with Crippen LogP contribution in [0.2, 0.25) is 0 Å². The Morgan fingerprint density at radius 3 is 0.636 bits per heavy atom. The number of hydrogen-bond acceptors (Lipinski definition) is 1. The van der Waals surface area contributed by atoms with E-state index in [0.29, 0.717) is 0 Å². The van der Waals surface area contributed by atoms with Gasteiger partial charge in [-0.15, -0.1) is 0 Å². The summed E-state index contributed by atoms with van der Waals surface area (Å²) in [6.45, 7) is 0. The number of halogens is 1. The van der Waals surface area contributed by atoms with Gasteiger partial charge in [-0.25, -0.2) is 0 Å². The Balaban J connectivity index is -0.000000000714. The fourth-order valence-corrected chi connectivity index (χ4v) is 0. The van der Waals surface area contributed by atoms with Crippen LogP contribution in [0.5, 0.6) is 0 Å². The van der Waals surface area contributed by atoms with Crippen LogP contribution in [0.3, 0.4) is 0 Å². The minimum atomic E-state index is 0. The van der Waals surface area contributed by atoms with E-state index in [2.05, 4.69) is 14.2 Å². The molecule has 0 aromatic carbocycles. The van der Waals surface area contributed by atoms with Gasteiger partial charge in [0.05, 0.1) is 0 Å². The molecule has 11 heavy (non-hydrogen) atoms. The molecule has 0 spiro atoms. The first-order valence-corrected chi connectivity index (χ1v) is 1.67. The molecule has 0 aliphatic rings. The van der Waals surface area contributed by atoms with Gasteiger partial charge in [-0.05, 0) is 0 Å². The Morgan fingerprint density at radius 2 is 0.636 bits per heavy atom. The molecule has 0 aromatic rings. The van der Waals surface area contributed by atoms with Crippen molar-refractivity contribution >= 4 is 11.9 Å². The summed E-state index contributed by atoms with van der Waals surface area (Å²) in [5.41, 5.74) is 0. The van der Waals surface area contributed by atoms with Crippen molar-refractivity contribution in [1.29, 1.82) is 0 Å². The maximum absolute atomic E-state index is 4.54. The Hall–Kier alpha value is 0.813. The largest absolute Gasteiger partial charge is 0.412 e. The molecule has 0 radical (unpaired) electrons. The van der Waals surface area contributed by atoms with Gasteiger partial charge in [0.25, 0.3) is 0 Å². The van der Waals surface area contributed by atoms with Crippen molar-refractivity contribution in [1.82, 2.24) is 0 Å². The fourth-order valence-electron chi connectivity index (χ4n) is 0. The van der Waals surface area contributed by atoms with Crippen LogP contribution < -0.4 is 0 Å². The van der Waals surface area contributed by atoms with Crippen LogP contribution in [-0.4, -0.2) is 43.8 Å². The summed E-state index contributed by atoms with van der Waals surface area (Å²) in [6.07, 6.45) is 0. The zero-order chi connectivity index (χ0) is 2.71. The van der Waals surface area contributed by atoms with Crippen LogP contribution in [0.4, 0.5) is 0 Å². The zero-order valence-electron chi connectivity index (χ0n) is 5.29. The van der Waals surface area contributed by atoms with E-state index in [0.717, 1.165) is 25.2 Å². The second-order valence-corrected chi connectivity index (χ2v) is 1.37. The van der Waals surface area contributed by atoms with Gasteiger partial charge in [0.1, 0.15) is 0 Å². The second kappa shape index (κ2) is 317. The van der Waals surface area contributed by atoms with Crippen molar-refractivity contribution in [2.24, 2.45) is 0 Å². The van der Waals surface area contributed by atoms with Crippen molar-refractivity contribution in [3.05, 3.63) is 0 Å². The third-order valence-electron chi connectivity index (χ3n) is 0. The summed E-state index contributed by atoms with van der Waals surface area (Å²) >= 11 is 5.44. The molecule has 0 atom stereocenters. The van der Waals surface area contributed by atoms with Crippen molar-refractivity contribution < 1.29 is 71.3 Å². The summed E-state index contributed by atoms with van der Waals surface area (Å²) in [6, 6.07) is 0. The quantitative estimate of drug-likeness (QED) is 0.413. The maximum Gasteiger partial charge on any atom is -0.412 e. The van der Waals surface area contributed by atoms with Crippen LogP contribution in [-0.2, 0) is 27.5 Å². The molecule has 0 saturated carbocycles. The first-order valence-electron chi connectivity index (χ1n) is 0.358. The first kappa shape index (κ1) is 175. The predicted octanol–water partition coefficient (Wildman–Crippen LogP) is -5.98. The molecular weight excluding hydrogens is 271 g/mol. The molecule has 0 bridgehead atoms. The monoisotopic (exact) mass is 285 g/mol. The second-order valence-electron chi connectivity index (χ2n) is 0.0772. The molecule has 16 N–H and O–H groups in total. The molecule has 0 aliphatic heterocycles. The predicted molar refractivity (Wildman–Crippen MR) is 35.8 cm³/mol. The summed E-state index contributed by atoms with van der Waals surface area (Å²) in [5.74, 6) is 0. The molecule has 0 aromatic heterocycles. The van der Waals surface area contributed by atoms with Gasteiger partial charge >= 0.3 is 39.4 Å². The van der Waals surface area contributed by atoms with E-state index in [1.54, 1.807) is 0 Å². The Morgan fingerprint density at radius 1 is 0.636 bits per heavy atom. The third-order valence-corrected chi connectivity index (χ3v) is 0. The normalized spacial score (nSPS) is 1.45. The summed E-state index contributed by atoms with van der Waals surface area (Å²) in [7, 11) is 0. The molecular formula is H16ClO9Zr. The Bertz CT molecular complexity index is 9.52. The molecule has 81 valence electrons. The first-order chi connectivity index (χ1) is 1.41. The average molecular weight is 287 g/mol. The van der Waals surface area contributed by atoms with Crippen molar-refractivity contribution in [2.45, 2.75) is 0 Å². The molecule has 0 unspecified atom stereocenters. The van der Waals surface area contributed by atoms with Crippen molar-refractivity contribution in [3.8, 4) is 0 Å². The van der Waals surface area contributed by atoms with Gasteiger partial charge in [-0.1, -0.05) is 0 Å². The smallest absolute Gasteiger partial charge is 0.412 e. The Kier molecular flexibility index (Phi) is 5030. The zero-order valence-corrected chi connectivity index (χ0v) is 8.50. The molecule has 9 nitrogen and oxygen atoms in total. The van der Waals surface area contributed by atoms with Gasteiger partial charge in [0.2, 0.25) is 0 Å². The molecule has 0 saturated heterocycles. The SMILES string of the molecule is Cl[O][Zr].O.O.O.O.O.O.O.O. The van der Waals surface area contributed by atoms with E-state index in [1.165, 1.54) is 0 Å². The topological polar surface area (TPSA) is 261 Å². The number of rotatable bonds is 0. The van der Waals surface area contributed by atoms with E-state index in [9.17, 15) is 0 Å². The third kappa shape index (κ3) is 1270. The van der Waals surface area contributed by atoms with Crippen LogP contribution in [0.15, 0.2) is 0 Å². The van der Waals surface area contributed by atoms with E-state index in [-0.39, 0.29) is 43.8 Å². The summed E-state index contributed by atoms with van der Waals surface area (Å²) < 4.78 is 3.81. The van der Waals surface area contributed by atoms with Crippen LogP contribution in [0.25, 0.3) is 0 Å².